The first kappa shape index (κ1) is 15.8. The van der Waals surface area contributed by atoms with Crippen LogP contribution in [-0.4, -0.2) is 40.8 Å². The van der Waals surface area contributed by atoms with Crippen molar-refractivity contribution in [3.05, 3.63) is 35.6 Å². The van der Waals surface area contributed by atoms with Gasteiger partial charge in [0, 0.05) is 19.4 Å². The molecular formula is C14H15F4NO2. The van der Waals surface area contributed by atoms with Gasteiger partial charge in [-0.05, 0) is 24.1 Å². The number of benzene rings is 1. The summed E-state index contributed by atoms with van der Waals surface area (Å²) in [5, 5.41) is 9.50. The van der Waals surface area contributed by atoms with Crippen LogP contribution < -0.4 is 0 Å². The van der Waals surface area contributed by atoms with E-state index in [4.69, 9.17) is 0 Å². The molecule has 0 bridgehead atoms. The molecule has 7 heteroatoms. The first-order valence-corrected chi connectivity index (χ1v) is 6.53. The van der Waals surface area contributed by atoms with Crippen LogP contribution in [0.25, 0.3) is 0 Å². The molecule has 1 N–H and O–H groups in total. The smallest absolute Gasteiger partial charge is 0.379 e. The highest BCUT2D eigenvalue weighted by Gasteiger charge is 2.57. The first-order chi connectivity index (χ1) is 9.71. The molecule has 21 heavy (non-hydrogen) atoms. The average Bonchev–Trinajstić information content (AvgIpc) is 2.80. The van der Waals surface area contributed by atoms with E-state index >= 15 is 0 Å². The summed E-state index contributed by atoms with van der Waals surface area (Å²) in [5.41, 5.74) is -2.21. The number of amides is 1. The Bertz CT molecular complexity index is 532. The molecule has 0 aromatic heterocycles. The molecule has 0 radical (unpaired) electrons. The lowest BCUT2D eigenvalue weighted by Crippen LogP contribution is -2.48. The summed E-state index contributed by atoms with van der Waals surface area (Å²) in [6.07, 6.45) is -5.03. The molecule has 1 fully saturated rings. The molecule has 1 aromatic rings. The highest BCUT2D eigenvalue weighted by molar-refractivity contribution is 5.77. The monoisotopic (exact) mass is 305 g/mol. The second-order valence-electron chi connectivity index (χ2n) is 5.22. The van der Waals surface area contributed by atoms with Gasteiger partial charge in [0.05, 0.1) is 6.54 Å². The van der Waals surface area contributed by atoms with E-state index in [2.05, 4.69) is 0 Å². The van der Waals surface area contributed by atoms with Crippen molar-refractivity contribution in [1.82, 2.24) is 4.90 Å². The number of likely N-dealkylation sites (tertiary alicyclic amines) is 1. The lowest BCUT2D eigenvalue weighted by Gasteiger charge is -2.25. The lowest BCUT2D eigenvalue weighted by molar-refractivity contribution is -0.253. The van der Waals surface area contributed by atoms with E-state index in [-0.39, 0.29) is 19.4 Å². The summed E-state index contributed by atoms with van der Waals surface area (Å²) < 4.78 is 50.9. The number of hydrogen-bond acceptors (Lipinski definition) is 2. The molecule has 1 aliphatic heterocycles. The third-order valence-corrected chi connectivity index (χ3v) is 3.64. The van der Waals surface area contributed by atoms with Crippen LogP contribution in [0.4, 0.5) is 17.6 Å². The number of aryl methyl sites for hydroxylation is 1. The number of carbonyl (C=O) groups excluding carboxylic acids is 1. The maximum atomic E-state index is 13.0. The summed E-state index contributed by atoms with van der Waals surface area (Å²) in [6.45, 7) is -0.865. The van der Waals surface area contributed by atoms with Crippen molar-refractivity contribution < 1.29 is 27.5 Å². The molecule has 0 aliphatic carbocycles. The Morgan fingerprint density at radius 2 is 2.10 bits per heavy atom. The van der Waals surface area contributed by atoms with Crippen molar-refractivity contribution in [2.24, 2.45) is 0 Å². The third kappa shape index (κ3) is 3.53. The number of hydrogen-bond donors (Lipinski definition) is 1. The van der Waals surface area contributed by atoms with Gasteiger partial charge in [-0.15, -0.1) is 0 Å². The van der Waals surface area contributed by atoms with Crippen LogP contribution in [0.3, 0.4) is 0 Å². The number of β-amino-alcohol motifs (C(OH)–C–C–N with tert-alkyl or cyclic N) is 1. The average molecular weight is 305 g/mol. The maximum absolute atomic E-state index is 13.0. The van der Waals surface area contributed by atoms with Crippen LogP contribution in [0, 0.1) is 5.82 Å². The van der Waals surface area contributed by atoms with Gasteiger partial charge in [0.25, 0.3) is 0 Å². The Morgan fingerprint density at radius 1 is 1.38 bits per heavy atom. The summed E-state index contributed by atoms with van der Waals surface area (Å²) in [7, 11) is 0. The van der Waals surface area contributed by atoms with Gasteiger partial charge in [0.2, 0.25) is 5.91 Å². The van der Waals surface area contributed by atoms with Crippen LogP contribution in [-0.2, 0) is 11.2 Å². The number of aliphatic hydroxyl groups is 1. The largest absolute Gasteiger partial charge is 0.419 e. The molecule has 0 saturated carbocycles. The number of halogens is 4. The number of rotatable bonds is 3. The topological polar surface area (TPSA) is 40.5 Å². The standard InChI is InChI=1S/C14H15F4NO2/c15-11-3-1-2-10(8-11)4-5-12(20)19-7-6-13(21,9-19)14(16,17)18/h1-3,8,21H,4-7,9H2/t13-/m1/s1. The second-order valence-corrected chi connectivity index (χ2v) is 5.22. The van der Waals surface area contributed by atoms with Crippen molar-refractivity contribution >= 4 is 5.91 Å². The molecule has 0 unspecified atom stereocenters. The zero-order chi connectivity index (χ0) is 15.7. The van der Waals surface area contributed by atoms with Gasteiger partial charge in [-0.2, -0.15) is 13.2 Å². The molecule has 0 spiro atoms. The Kier molecular flexibility index (Phi) is 4.22. The van der Waals surface area contributed by atoms with E-state index in [1.807, 2.05) is 0 Å². The van der Waals surface area contributed by atoms with Crippen molar-refractivity contribution in [2.75, 3.05) is 13.1 Å². The predicted molar refractivity (Wildman–Crippen MR) is 66.9 cm³/mol. The van der Waals surface area contributed by atoms with E-state index in [0.29, 0.717) is 5.56 Å². The Labute approximate surface area is 119 Å². The molecule has 2 rings (SSSR count). The van der Waals surface area contributed by atoms with Gasteiger partial charge in [-0.3, -0.25) is 4.79 Å². The fourth-order valence-electron chi connectivity index (χ4n) is 2.34. The fourth-order valence-corrected chi connectivity index (χ4v) is 2.34. The second kappa shape index (κ2) is 5.63. The van der Waals surface area contributed by atoms with E-state index in [0.717, 1.165) is 4.90 Å². The molecule has 1 atom stereocenters. The lowest BCUT2D eigenvalue weighted by atomic mass is 10.0. The van der Waals surface area contributed by atoms with Crippen LogP contribution >= 0.6 is 0 Å². The zero-order valence-corrected chi connectivity index (χ0v) is 11.2. The highest BCUT2D eigenvalue weighted by Crippen LogP contribution is 2.37. The van der Waals surface area contributed by atoms with E-state index < -0.39 is 36.5 Å². The third-order valence-electron chi connectivity index (χ3n) is 3.64. The SMILES string of the molecule is O=C(CCc1cccc(F)c1)N1CC[C@](O)(C(F)(F)F)C1. The minimum absolute atomic E-state index is 0.0165. The molecule has 116 valence electrons. The Hall–Kier alpha value is -1.63. The summed E-state index contributed by atoms with van der Waals surface area (Å²) in [5.74, 6) is -0.896. The zero-order valence-electron chi connectivity index (χ0n) is 11.2. The Balaban J connectivity index is 1.91. The first-order valence-electron chi connectivity index (χ1n) is 6.53. The molecule has 1 amide bonds. The molecule has 1 aromatic carbocycles. The van der Waals surface area contributed by atoms with Gasteiger partial charge < -0.3 is 10.0 Å². The fraction of sp³-hybridized carbons (Fsp3) is 0.500. The van der Waals surface area contributed by atoms with E-state index in [9.17, 15) is 27.5 Å². The van der Waals surface area contributed by atoms with Crippen LogP contribution in [0.1, 0.15) is 18.4 Å². The molecule has 3 nitrogen and oxygen atoms in total. The van der Waals surface area contributed by atoms with E-state index in [1.165, 1.54) is 18.2 Å². The molecule has 1 aliphatic rings. The number of nitrogens with zero attached hydrogens (tertiary/aromatic N) is 1. The van der Waals surface area contributed by atoms with Crippen molar-refractivity contribution in [1.29, 1.82) is 0 Å². The van der Waals surface area contributed by atoms with Gasteiger partial charge >= 0.3 is 6.18 Å². The minimum Gasteiger partial charge on any atom is -0.379 e. The van der Waals surface area contributed by atoms with Crippen LogP contribution in [0.2, 0.25) is 0 Å². The number of alkyl halides is 3. The van der Waals surface area contributed by atoms with Crippen LogP contribution in [0.15, 0.2) is 24.3 Å². The highest BCUT2D eigenvalue weighted by atomic mass is 19.4. The van der Waals surface area contributed by atoms with E-state index in [1.54, 1.807) is 6.07 Å². The normalized spacial score (nSPS) is 22.6. The molecule has 1 heterocycles. The Morgan fingerprint density at radius 3 is 2.67 bits per heavy atom. The number of carbonyl (C=O) groups is 1. The van der Waals surface area contributed by atoms with Gasteiger partial charge in [0.1, 0.15) is 5.82 Å². The van der Waals surface area contributed by atoms with Gasteiger partial charge in [0.15, 0.2) is 5.60 Å². The maximum Gasteiger partial charge on any atom is 0.419 e. The predicted octanol–water partition coefficient (Wildman–Crippen LogP) is 2.28. The van der Waals surface area contributed by atoms with Crippen molar-refractivity contribution in [2.45, 2.75) is 31.0 Å². The summed E-state index contributed by atoms with van der Waals surface area (Å²) >= 11 is 0. The van der Waals surface area contributed by atoms with Crippen molar-refractivity contribution in [3.8, 4) is 0 Å². The molecule has 1 saturated heterocycles. The molecular weight excluding hydrogens is 290 g/mol. The van der Waals surface area contributed by atoms with Crippen LogP contribution in [0.5, 0.6) is 0 Å². The summed E-state index contributed by atoms with van der Waals surface area (Å²) in [6, 6.07) is 5.71. The van der Waals surface area contributed by atoms with Gasteiger partial charge in [-0.25, -0.2) is 4.39 Å². The van der Waals surface area contributed by atoms with Gasteiger partial charge in [-0.1, -0.05) is 12.1 Å². The minimum atomic E-state index is -4.75. The van der Waals surface area contributed by atoms with Crippen molar-refractivity contribution in [3.63, 3.8) is 0 Å². The quantitative estimate of drug-likeness (QED) is 0.871. The summed E-state index contributed by atoms with van der Waals surface area (Å²) in [4.78, 5) is 12.9.